The minimum Gasteiger partial charge on any atom is -0.371 e. The number of halogens is 1. The van der Waals surface area contributed by atoms with Gasteiger partial charge in [0.25, 0.3) is 11.6 Å². The first-order valence-electron chi connectivity index (χ1n) is 8.61. The Morgan fingerprint density at radius 1 is 1.14 bits per heavy atom. The minimum atomic E-state index is -0.580. The summed E-state index contributed by atoms with van der Waals surface area (Å²) in [6, 6.07) is 10.1. The summed E-state index contributed by atoms with van der Waals surface area (Å²) >= 11 is 5.05. The molecule has 0 aliphatic carbocycles. The van der Waals surface area contributed by atoms with Crippen LogP contribution in [0.4, 0.5) is 21.5 Å². The van der Waals surface area contributed by atoms with Gasteiger partial charge in [-0.25, -0.2) is 4.39 Å². The van der Waals surface area contributed by atoms with Crippen LogP contribution in [0.25, 0.3) is 0 Å². The summed E-state index contributed by atoms with van der Waals surface area (Å²) in [5.41, 5.74) is 5.65. The SMILES string of the molecule is O=C(NNC(=S)Nc1ccccc1F)c1cc([N+](=O)[O-])ccc1N1CCCC1. The molecule has 0 saturated carbocycles. The molecule has 0 aromatic heterocycles. The van der Waals surface area contributed by atoms with Crippen LogP contribution in [0.1, 0.15) is 23.2 Å². The number of nitro benzene ring substituents is 1. The van der Waals surface area contributed by atoms with Crippen molar-refractivity contribution in [1.82, 2.24) is 10.9 Å². The van der Waals surface area contributed by atoms with Gasteiger partial charge in [0.2, 0.25) is 0 Å². The first-order chi connectivity index (χ1) is 13.5. The number of para-hydroxylation sites is 1. The third kappa shape index (κ3) is 4.52. The summed E-state index contributed by atoms with van der Waals surface area (Å²) in [4.78, 5) is 25.2. The van der Waals surface area contributed by atoms with E-state index in [0.29, 0.717) is 5.69 Å². The van der Waals surface area contributed by atoms with E-state index in [9.17, 15) is 19.3 Å². The maximum absolute atomic E-state index is 13.7. The molecule has 1 aliphatic heterocycles. The monoisotopic (exact) mass is 403 g/mol. The quantitative estimate of drug-likeness (QED) is 0.410. The lowest BCUT2D eigenvalue weighted by Gasteiger charge is -2.21. The van der Waals surface area contributed by atoms with Gasteiger partial charge in [0.05, 0.1) is 21.9 Å². The first-order valence-corrected chi connectivity index (χ1v) is 9.02. The number of carbonyl (C=O) groups is 1. The highest BCUT2D eigenvalue weighted by Crippen LogP contribution is 2.28. The van der Waals surface area contributed by atoms with E-state index in [1.54, 1.807) is 18.2 Å². The highest BCUT2D eigenvalue weighted by molar-refractivity contribution is 7.80. The van der Waals surface area contributed by atoms with E-state index < -0.39 is 16.6 Å². The zero-order valence-electron chi connectivity index (χ0n) is 14.8. The van der Waals surface area contributed by atoms with Gasteiger partial charge in [-0.05, 0) is 43.3 Å². The van der Waals surface area contributed by atoms with Crippen LogP contribution in [-0.2, 0) is 0 Å². The van der Waals surface area contributed by atoms with Crippen LogP contribution in [0.15, 0.2) is 42.5 Å². The number of hydrogen-bond donors (Lipinski definition) is 3. The molecule has 3 rings (SSSR count). The van der Waals surface area contributed by atoms with Crippen LogP contribution < -0.4 is 21.1 Å². The number of nitro groups is 1. The maximum atomic E-state index is 13.7. The van der Waals surface area contributed by atoms with Crippen molar-refractivity contribution < 1.29 is 14.1 Å². The van der Waals surface area contributed by atoms with Crippen molar-refractivity contribution in [2.45, 2.75) is 12.8 Å². The number of rotatable bonds is 4. The molecule has 2 aromatic rings. The van der Waals surface area contributed by atoms with E-state index in [-0.39, 0.29) is 22.1 Å². The van der Waals surface area contributed by atoms with Crippen molar-refractivity contribution in [3.8, 4) is 0 Å². The number of nitrogens with zero attached hydrogens (tertiary/aromatic N) is 2. The molecule has 0 bridgehead atoms. The van der Waals surface area contributed by atoms with Gasteiger partial charge in [-0.3, -0.25) is 25.8 Å². The summed E-state index contributed by atoms with van der Waals surface area (Å²) < 4.78 is 13.7. The smallest absolute Gasteiger partial charge is 0.272 e. The third-order valence-electron chi connectivity index (χ3n) is 4.29. The fourth-order valence-electron chi connectivity index (χ4n) is 2.95. The van der Waals surface area contributed by atoms with Crippen molar-refractivity contribution >= 4 is 40.3 Å². The zero-order valence-corrected chi connectivity index (χ0v) is 15.6. The van der Waals surface area contributed by atoms with Crippen LogP contribution in [0.2, 0.25) is 0 Å². The molecule has 3 N–H and O–H groups in total. The molecule has 0 spiro atoms. The number of hydrazine groups is 1. The third-order valence-corrected chi connectivity index (χ3v) is 4.50. The number of nitrogens with one attached hydrogen (secondary N) is 3. The van der Waals surface area contributed by atoms with Crippen molar-refractivity contribution in [3.63, 3.8) is 0 Å². The lowest BCUT2D eigenvalue weighted by molar-refractivity contribution is -0.384. The molecule has 0 radical (unpaired) electrons. The van der Waals surface area contributed by atoms with Crippen molar-refractivity contribution in [2.24, 2.45) is 0 Å². The number of benzene rings is 2. The van der Waals surface area contributed by atoms with Crippen molar-refractivity contribution in [2.75, 3.05) is 23.3 Å². The molecule has 10 heteroatoms. The lowest BCUT2D eigenvalue weighted by atomic mass is 10.1. The Balaban J connectivity index is 1.72. The van der Waals surface area contributed by atoms with Crippen LogP contribution in [-0.4, -0.2) is 29.0 Å². The number of carbonyl (C=O) groups excluding carboxylic acids is 1. The Kier molecular flexibility index (Phi) is 5.99. The summed E-state index contributed by atoms with van der Waals surface area (Å²) in [5.74, 6) is -1.07. The van der Waals surface area contributed by atoms with E-state index in [0.717, 1.165) is 25.9 Å². The molecule has 1 amide bonds. The number of thiocarbonyl (C=S) groups is 1. The predicted octanol–water partition coefficient (Wildman–Crippen LogP) is 2.97. The molecule has 8 nitrogen and oxygen atoms in total. The lowest BCUT2D eigenvalue weighted by Crippen LogP contribution is -2.44. The van der Waals surface area contributed by atoms with Gasteiger partial charge in [-0.2, -0.15) is 0 Å². The summed E-state index contributed by atoms with van der Waals surface area (Å²) in [5, 5.41) is 13.7. The maximum Gasteiger partial charge on any atom is 0.272 e. The van der Waals surface area contributed by atoms with Crippen molar-refractivity contribution in [3.05, 3.63) is 64.0 Å². The molecule has 28 heavy (non-hydrogen) atoms. The van der Waals surface area contributed by atoms with Gasteiger partial charge in [0, 0.05) is 25.2 Å². The van der Waals surface area contributed by atoms with Gasteiger partial charge in [-0.15, -0.1) is 0 Å². The Morgan fingerprint density at radius 2 is 1.86 bits per heavy atom. The summed E-state index contributed by atoms with van der Waals surface area (Å²) in [7, 11) is 0. The Hall–Kier alpha value is -3.27. The molecular formula is C18H18FN5O3S. The normalized spacial score (nSPS) is 13.1. The van der Waals surface area contributed by atoms with E-state index in [1.165, 1.54) is 24.3 Å². The van der Waals surface area contributed by atoms with E-state index >= 15 is 0 Å². The number of non-ortho nitro benzene ring substituents is 1. The summed E-state index contributed by atoms with van der Waals surface area (Å²) in [6.07, 6.45) is 1.99. The van der Waals surface area contributed by atoms with Crippen LogP contribution in [0.5, 0.6) is 0 Å². The average Bonchev–Trinajstić information content (AvgIpc) is 3.22. The second-order valence-electron chi connectivity index (χ2n) is 6.17. The van der Waals surface area contributed by atoms with Gasteiger partial charge in [0.15, 0.2) is 5.11 Å². The van der Waals surface area contributed by atoms with Gasteiger partial charge >= 0.3 is 0 Å². The number of anilines is 2. The predicted molar refractivity (Wildman–Crippen MR) is 108 cm³/mol. The standard InChI is InChI=1S/C18H18FN5O3S/c19-14-5-1-2-6-15(14)20-18(28)22-21-17(25)13-11-12(24(26)27)7-8-16(13)23-9-3-4-10-23/h1-2,5-8,11H,3-4,9-10H2,(H,21,25)(H2,20,22,28). The second-order valence-corrected chi connectivity index (χ2v) is 6.57. The zero-order chi connectivity index (χ0) is 20.1. The minimum absolute atomic E-state index is 0.0217. The summed E-state index contributed by atoms with van der Waals surface area (Å²) in [6.45, 7) is 1.55. The van der Waals surface area contributed by atoms with E-state index in [1.807, 2.05) is 4.90 Å². The van der Waals surface area contributed by atoms with Gasteiger partial charge < -0.3 is 10.2 Å². The van der Waals surface area contributed by atoms with Gasteiger partial charge in [-0.1, -0.05) is 12.1 Å². The number of hydrogen-bond acceptors (Lipinski definition) is 5. The molecule has 1 saturated heterocycles. The van der Waals surface area contributed by atoms with Gasteiger partial charge in [0.1, 0.15) is 5.82 Å². The second kappa shape index (κ2) is 8.61. The first kappa shape index (κ1) is 19.5. The molecular weight excluding hydrogens is 385 g/mol. The Labute approximate surface area is 165 Å². The topological polar surface area (TPSA) is 99.5 Å². The molecule has 2 aromatic carbocycles. The fraction of sp³-hybridized carbons (Fsp3) is 0.222. The largest absolute Gasteiger partial charge is 0.371 e. The highest BCUT2D eigenvalue weighted by atomic mass is 32.1. The molecule has 0 unspecified atom stereocenters. The fourth-order valence-corrected chi connectivity index (χ4v) is 3.11. The Bertz CT molecular complexity index is 918. The van der Waals surface area contributed by atoms with Crippen molar-refractivity contribution in [1.29, 1.82) is 0 Å². The van der Waals surface area contributed by atoms with E-state index in [4.69, 9.17) is 12.2 Å². The Morgan fingerprint density at radius 3 is 2.54 bits per heavy atom. The molecule has 146 valence electrons. The van der Waals surface area contributed by atoms with E-state index in [2.05, 4.69) is 16.2 Å². The molecule has 1 aliphatic rings. The van der Waals surface area contributed by atoms with Crippen LogP contribution >= 0.6 is 12.2 Å². The average molecular weight is 403 g/mol. The van der Waals surface area contributed by atoms with Crippen LogP contribution in [0.3, 0.4) is 0 Å². The molecule has 1 heterocycles. The number of amides is 1. The van der Waals surface area contributed by atoms with Crippen LogP contribution in [0, 0.1) is 15.9 Å². The molecule has 0 atom stereocenters. The highest BCUT2D eigenvalue weighted by Gasteiger charge is 2.22. The molecule has 1 fully saturated rings.